The van der Waals surface area contributed by atoms with Gasteiger partial charge in [0.05, 0.1) is 52.6 Å². The molecule has 0 aromatic carbocycles. The number of rotatable bonds is 20. The van der Waals surface area contributed by atoms with Crippen molar-refractivity contribution in [3.63, 3.8) is 0 Å². The van der Waals surface area contributed by atoms with Gasteiger partial charge in [-0.1, -0.05) is 27.7 Å². The van der Waals surface area contributed by atoms with E-state index in [1.54, 1.807) is 20.8 Å². The number of cyclic esters (lactones) is 2. The number of esters is 8. The van der Waals surface area contributed by atoms with Gasteiger partial charge < -0.3 is 63.1 Å². The van der Waals surface area contributed by atoms with Gasteiger partial charge in [-0.15, -0.1) is 0 Å². The maximum atomic E-state index is 12.4. The molecule has 4 N–H and O–H groups in total. The molecule has 21 heteroatoms. The Labute approximate surface area is 420 Å². The van der Waals surface area contributed by atoms with Crippen LogP contribution in [0.1, 0.15) is 139 Å². The molecule has 8 rings (SSSR count). The first-order valence-electron chi connectivity index (χ1n) is 25.7. The summed E-state index contributed by atoms with van der Waals surface area (Å²) in [6.07, 6.45) is 3.48. The number of aliphatic hydroxyl groups excluding tert-OH is 4. The van der Waals surface area contributed by atoms with Crippen LogP contribution in [0.3, 0.4) is 0 Å². The van der Waals surface area contributed by atoms with Gasteiger partial charge in [0.25, 0.3) is 0 Å². The van der Waals surface area contributed by atoms with Crippen LogP contribution in [0.2, 0.25) is 0 Å². The molecule has 2 aliphatic carbocycles. The molecule has 0 spiro atoms. The first-order chi connectivity index (χ1) is 34.0. The second-order valence-corrected chi connectivity index (χ2v) is 21.3. The summed E-state index contributed by atoms with van der Waals surface area (Å²) >= 11 is 0. The average Bonchev–Trinajstić information content (AvgIpc) is 4.25. The minimum absolute atomic E-state index is 0.0311. The maximum Gasteiger partial charge on any atom is 0.347 e. The number of carbonyl (C=O) groups excluding carboxylic acids is 8. The van der Waals surface area contributed by atoms with Crippen molar-refractivity contribution in [3.8, 4) is 0 Å². The molecule has 16 atom stereocenters. The number of fused-ring (bicyclic) bond motifs is 2. The fourth-order valence-corrected chi connectivity index (χ4v) is 10.4. The Kier molecular flexibility index (Phi) is 20.1. The topological polar surface area (TPSA) is 301 Å². The summed E-state index contributed by atoms with van der Waals surface area (Å²) in [5.41, 5.74) is -2.77. The molecule has 0 aromatic heterocycles. The van der Waals surface area contributed by atoms with Crippen molar-refractivity contribution in [3.05, 3.63) is 0 Å². The number of carbonyl (C=O) groups is 8. The zero-order valence-electron chi connectivity index (χ0n) is 43.1. The summed E-state index contributed by atoms with van der Waals surface area (Å²) in [5, 5.41) is 36.0. The van der Waals surface area contributed by atoms with E-state index in [-0.39, 0.29) is 123 Å². The Morgan fingerprint density at radius 2 is 1.03 bits per heavy atom. The van der Waals surface area contributed by atoms with Crippen LogP contribution in [-0.4, -0.2) is 157 Å². The highest BCUT2D eigenvalue weighted by atomic mass is 16.7. The zero-order chi connectivity index (χ0) is 53.3. The lowest BCUT2D eigenvalue weighted by molar-refractivity contribution is -0.172. The molecule has 4 bridgehead atoms. The van der Waals surface area contributed by atoms with Gasteiger partial charge in [0.1, 0.15) is 31.0 Å². The van der Waals surface area contributed by atoms with E-state index in [1.807, 2.05) is 34.6 Å². The molecule has 0 amide bonds. The van der Waals surface area contributed by atoms with E-state index in [1.165, 1.54) is 0 Å². The standard InChI is InChI=1S/C15H22O5.C14H20O6.2C11H18O5/c1-3-15(2,4-5-16)14(18)20-11-8-6-9-10(7-8)13(17)19-12(9)11;1-3-14(2,4-5-15)13(17)20-10-8-6-7-9(18-8)11(10)19-12(7)16;1-3-11(2,5-6-12)10(14)16-8-4-7-15-9(8)13;1-3-11(2,4-5-12)10(14)16-8-6-9(13)15-7-8/h8-12,16H,3-7H2,1-2H3;7-11,15H,3-6H2,1-2H3;2*8,12H,3-7H2,1-2H3. The molecule has 6 saturated heterocycles. The van der Waals surface area contributed by atoms with Crippen LogP contribution in [-0.2, 0) is 81.0 Å². The number of hydrogen-bond donors (Lipinski definition) is 4. The fraction of sp³-hybridized carbons (Fsp3) is 0.843. The quantitative estimate of drug-likeness (QED) is 0.101. The SMILES string of the molecule is CCC(C)(CCO)C(=O)OC1C2CC3C(=O)OC1C3C2.CCC(C)(CCO)C(=O)OC1C2CC3C(=O)OC1C3O2.CCC(C)(CCO)C(=O)OC1CCOC1=O.CCC(C)(CCO)C(=O)OC1COC(=O)C1. The minimum atomic E-state index is -0.767. The Bertz CT molecular complexity index is 1880. The third kappa shape index (κ3) is 12.7. The Morgan fingerprint density at radius 1 is 0.556 bits per heavy atom. The van der Waals surface area contributed by atoms with Crippen molar-refractivity contribution in [2.45, 2.75) is 188 Å². The summed E-state index contributed by atoms with van der Waals surface area (Å²) in [7, 11) is 0. The zero-order valence-corrected chi connectivity index (χ0v) is 43.1. The molecule has 8 aliphatic rings. The van der Waals surface area contributed by atoms with Crippen molar-refractivity contribution >= 4 is 47.8 Å². The second kappa shape index (κ2) is 24.7. The molecule has 72 heavy (non-hydrogen) atoms. The van der Waals surface area contributed by atoms with Crippen molar-refractivity contribution in [2.75, 3.05) is 39.6 Å². The summed E-state index contributed by atoms with van der Waals surface area (Å²) in [5.74, 6) is -2.24. The highest BCUT2D eigenvalue weighted by Crippen LogP contribution is 2.56. The molecule has 8 fully saturated rings. The van der Waals surface area contributed by atoms with Crippen molar-refractivity contribution in [1.29, 1.82) is 0 Å². The summed E-state index contributed by atoms with van der Waals surface area (Å²) in [6, 6.07) is 0. The monoisotopic (exact) mass is 1030 g/mol. The molecular formula is C51H78O21. The predicted octanol–water partition coefficient (Wildman–Crippen LogP) is 2.98. The Balaban J connectivity index is 0.000000180. The highest BCUT2D eigenvalue weighted by molar-refractivity contribution is 5.83. The van der Waals surface area contributed by atoms with Crippen LogP contribution in [0.5, 0.6) is 0 Å². The molecular weight excluding hydrogens is 949 g/mol. The molecule has 408 valence electrons. The van der Waals surface area contributed by atoms with Crippen molar-refractivity contribution in [1.82, 2.24) is 0 Å². The van der Waals surface area contributed by atoms with E-state index in [9.17, 15) is 38.4 Å². The lowest BCUT2D eigenvalue weighted by Gasteiger charge is -2.31. The van der Waals surface area contributed by atoms with Gasteiger partial charge in [-0.25, -0.2) is 4.79 Å². The molecule has 6 heterocycles. The van der Waals surface area contributed by atoms with Gasteiger partial charge in [0.15, 0.2) is 12.2 Å². The van der Waals surface area contributed by atoms with Crippen LogP contribution in [0.15, 0.2) is 0 Å². The summed E-state index contributed by atoms with van der Waals surface area (Å²) in [4.78, 5) is 93.7. The third-order valence-electron chi connectivity index (χ3n) is 16.7. The van der Waals surface area contributed by atoms with E-state index in [0.29, 0.717) is 70.8 Å². The predicted molar refractivity (Wildman–Crippen MR) is 247 cm³/mol. The second-order valence-electron chi connectivity index (χ2n) is 21.3. The van der Waals surface area contributed by atoms with E-state index >= 15 is 0 Å². The molecule has 21 nitrogen and oxygen atoms in total. The average molecular weight is 1030 g/mol. The van der Waals surface area contributed by atoms with Crippen LogP contribution >= 0.6 is 0 Å². The Hall–Kier alpha value is -4.44. The fourth-order valence-electron chi connectivity index (χ4n) is 10.4. The van der Waals surface area contributed by atoms with Crippen molar-refractivity contribution < 1.29 is 101 Å². The van der Waals surface area contributed by atoms with E-state index in [4.69, 9.17) is 63.1 Å². The van der Waals surface area contributed by atoms with E-state index < -0.39 is 58.0 Å². The van der Waals surface area contributed by atoms with Gasteiger partial charge >= 0.3 is 47.8 Å². The van der Waals surface area contributed by atoms with Gasteiger partial charge in [0, 0.05) is 44.7 Å². The van der Waals surface area contributed by atoms with Gasteiger partial charge in [-0.05, 0) is 98.3 Å². The molecule has 2 saturated carbocycles. The molecule has 16 unspecified atom stereocenters. The first-order valence-corrected chi connectivity index (χ1v) is 25.7. The number of ether oxygens (including phenoxy) is 9. The number of hydrogen-bond acceptors (Lipinski definition) is 21. The first kappa shape index (κ1) is 58.4. The van der Waals surface area contributed by atoms with Gasteiger partial charge in [0.2, 0.25) is 6.10 Å². The summed E-state index contributed by atoms with van der Waals surface area (Å²) < 4.78 is 47.3. The van der Waals surface area contributed by atoms with Crippen molar-refractivity contribution in [2.24, 2.45) is 45.3 Å². The normalized spacial score (nSPS) is 33.1. The van der Waals surface area contributed by atoms with Crippen LogP contribution in [0.25, 0.3) is 0 Å². The highest BCUT2D eigenvalue weighted by Gasteiger charge is 2.66. The van der Waals surface area contributed by atoms with E-state index in [2.05, 4.69) is 0 Å². The van der Waals surface area contributed by atoms with Gasteiger partial charge in [-0.2, -0.15) is 0 Å². The smallest absolute Gasteiger partial charge is 0.347 e. The minimum Gasteiger partial charge on any atom is -0.463 e. The largest absolute Gasteiger partial charge is 0.463 e. The lowest BCUT2D eigenvalue weighted by Crippen LogP contribution is -2.43. The molecule has 6 aliphatic heterocycles. The maximum absolute atomic E-state index is 12.4. The third-order valence-corrected chi connectivity index (χ3v) is 16.7. The lowest BCUT2D eigenvalue weighted by atomic mass is 9.83. The molecule has 0 aromatic rings. The summed E-state index contributed by atoms with van der Waals surface area (Å²) in [6.45, 7) is 14.8. The van der Waals surface area contributed by atoms with Gasteiger partial charge in [-0.3, -0.25) is 33.6 Å². The van der Waals surface area contributed by atoms with Crippen LogP contribution in [0.4, 0.5) is 0 Å². The molecule has 0 radical (unpaired) electrons. The number of aliphatic hydroxyl groups is 4. The Morgan fingerprint density at radius 3 is 1.49 bits per heavy atom. The van der Waals surface area contributed by atoms with Crippen LogP contribution < -0.4 is 0 Å². The van der Waals surface area contributed by atoms with E-state index in [0.717, 1.165) is 12.8 Å². The van der Waals surface area contributed by atoms with Crippen LogP contribution in [0, 0.1) is 45.3 Å².